The van der Waals surface area contributed by atoms with E-state index >= 15 is 0 Å². The molecule has 1 N–H and O–H groups in total. The lowest BCUT2D eigenvalue weighted by molar-refractivity contribution is -0.384. The number of carbonyl (C=O) groups excluding carboxylic acids is 1. The van der Waals surface area contributed by atoms with E-state index in [0.717, 1.165) is 44.9 Å². The third-order valence-corrected chi connectivity index (χ3v) is 6.34. The Balaban J connectivity index is 1.45. The molecule has 0 radical (unpaired) electrons. The lowest BCUT2D eigenvalue weighted by Gasteiger charge is -2.11. The maximum absolute atomic E-state index is 12.3. The number of hydrogen-bond acceptors (Lipinski definition) is 4. The molecule has 0 bridgehead atoms. The van der Waals surface area contributed by atoms with E-state index in [2.05, 4.69) is 15.1 Å². The first-order valence-electron chi connectivity index (χ1n) is 11.6. The Bertz CT molecular complexity index is 1450. The number of nitrogens with zero attached hydrogens (tertiary/aromatic N) is 3. The van der Waals surface area contributed by atoms with Gasteiger partial charge in [0.2, 0.25) is 5.91 Å². The molecule has 0 spiro atoms. The lowest BCUT2D eigenvalue weighted by atomic mass is 10.0. The van der Waals surface area contributed by atoms with Gasteiger partial charge in [-0.25, -0.2) is 5.43 Å². The molecule has 3 aromatic carbocycles. The first-order chi connectivity index (χ1) is 17.2. The number of non-ortho nitro benzene ring substituents is 1. The summed E-state index contributed by atoms with van der Waals surface area (Å²) in [7, 11) is 0. The van der Waals surface area contributed by atoms with Gasteiger partial charge in [-0.2, -0.15) is 5.10 Å². The van der Waals surface area contributed by atoms with Gasteiger partial charge in [0.05, 0.1) is 17.6 Å². The summed E-state index contributed by atoms with van der Waals surface area (Å²) in [6, 6.07) is 22.6. The summed E-state index contributed by atoms with van der Waals surface area (Å²) in [4.78, 5) is 22.8. The van der Waals surface area contributed by atoms with E-state index in [1.807, 2.05) is 76.2 Å². The van der Waals surface area contributed by atoms with Crippen LogP contribution >= 0.6 is 0 Å². The summed E-state index contributed by atoms with van der Waals surface area (Å²) in [6.07, 6.45) is 1.95. The van der Waals surface area contributed by atoms with Gasteiger partial charge in [-0.05, 0) is 85.8 Å². The van der Waals surface area contributed by atoms with Crippen LogP contribution in [0.25, 0.3) is 16.8 Å². The summed E-state index contributed by atoms with van der Waals surface area (Å²) >= 11 is 0. The van der Waals surface area contributed by atoms with Crippen LogP contribution in [0.4, 0.5) is 5.69 Å². The van der Waals surface area contributed by atoms with Crippen LogP contribution < -0.4 is 5.43 Å². The van der Waals surface area contributed by atoms with Gasteiger partial charge in [0, 0.05) is 34.8 Å². The lowest BCUT2D eigenvalue weighted by Crippen LogP contribution is -2.19. The summed E-state index contributed by atoms with van der Waals surface area (Å²) in [5.74, 6) is -0.162. The highest BCUT2D eigenvalue weighted by Crippen LogP contribution is 2.25. The zero-order chi connectivity index (χ0) is 25.8. The molecule has 7 heteroatoms. The van der Waals surface area contributed by atoms with E-state index in [-0.39, 0.29) is 18.0 Å². The average molecular weight is 481 g/mol. The van der Waals surface area contributed by atoms with Gasteiger partial charge in [0.1, 0.15) is 0 Å². The number of aromatic nitrogens is 1. The molecular weight excluding hydrogens is 452 g/mol. The first kappa shape index (κ1) is 24.6. The van der Waals surface area contributed by atoms with Crippen molar-refractivity contribution < 1.29 is 9.72 Å². The molecule has 0 fully saturated rings. The average Bonchev–Trinajstić information content (AvgIpc) is 3.14. The number of amides is 1. The van der Waals surface area contributed by atoms with Crippen LogP contribution in [-0.4, -0.2) is 21.6 Å². The number of hydrazone groups is 1. The van der Waals surface area contributed by atoms with Crippen molar-refractivity contribution in [2.45, 2.75) is 34.1 Å². The van der Waals surface area contributed by atoms with Crippen LogP contribution in [0, 0.1) is 37.8 Å². The topological polar surface area (TPSA) is 89.5 Å². The number of nitrogens with one attached hydrogen (secondary N) is 1. The largest absolute Gasteiger partial charge is 0.318 e. The van der Waals surface area contributed by atoms with Crippen molar-refractivity contribution in [2.24, 2.45) is 5.10 Å². The van der Waals surface area contributed by atoms with Gasteiger partial charge in [-0.15, -0.1) is 0 Å². The number of aryl methyl sites for hydroxylation is 3. The van der Waals surface area contributed by atoms with Crippen LogP contribution in [0.2, 0.25) is 0 Å². The smallest absolute Gasteiger partial charge is 0.269 e. The fraction of sp³-hybridized carbons (Fsp3) is 0.172. The number of rotatable bonds is 7. The zero-order valence-electron chi connectivity index (χ0n) is 20.8. The Morgan fingerprint density at radius 1 is 0.917 bits per heavy atom. The molecule has 0 atom stereocenters. The third-order valence-electron chi connectivity index (χ3n) is 6.34. The molecule has 7 nitrogen and oxygen atoms in total. The molecule has 182 valence electrons. The van der Waals surface area contributed by atoms with Crippen LogP contribution in [0.15, 0.2) is 77.9 Å². The van der Waals surface area contributed by atoms with Crippen LogP contribution in [0.5, 0.6) is 0 Å². The fourth-order valence-corrected chi connectivity index (χ4v) is 4.21. The fourth-order valence-electron chi connectivity index (χ4n) is 4.21. The molecule has 36 heavy (non-hydrogen) atoms. The minimum absolute atomic E-state index is 0.0737. The number of nitro groups is 1. The molecule has 0 aliphatic heterocycles. The molecule has 0 aliphatic carbocycles. The third kappa shape index (κ3) is 5.41. The van der Waals surface area contributed by atoms with Gasteiger partial charge in [0.25, 0.3) is 5.69 Å². The highest BCUT2D eigenvalue weighted by molar-refractivity contribution is 5.85. The minimum Gasteiger partial charge on any atom is -0.318 e. The molecule has 4 rings (SSSR count). The highest BCUT2D eigenvalue weighted by atomic mass is 16.6. The van der Waals surface area contributed by atoms with Gasteiger partial charge >= 0.3 is 0 Å². The van der Waals surface area contributed by atoms with Crippen molar-refractivity contribution >= 4 is 17.8 Å². The SMILES string of the molecule is Cc1ccc(CC(=O)N/N=C\c2cc(C)n(-c3ccc(-c4ccc([N+](=O)[O-])cc4)cc3)c2C)cc1C. The van der Waals surface area contributed by atoms with Crippen LogP contribution in [0.3, 0.4) is 0 Å². The standard InChI is InChI=1S/C29H28N4O3/c1-19-5-6-23(15-20(19)2)17-29(34)31-30-18-26-16-21(3)32(22(26)4)27-11-7-24(8-12-27)25-9-13-28(14-10-25)33(35)36/h5-16,18H,17H2,1-4H3,(H,31,34)/b30-18-. The van der Waals surface area contributed by atoms with Crippen molar-refractivity contribution in [1.82, 2.24) is 9.99 Å². The number of hydrogen-bond donors (Lipinski definition) is 1. The molecule has 0 unspecified atom stereocenters. The van der Waals surface area contributed by atoms with Gasteiger partial charge in [0.15, 0.2) is 0 Å². The van der Waals surface area contributed by atoms with E-state index in [1.165, 1.54) is 17.7 Å². The molecule has 0 saturated heterocycles. The molecule has 0 aliphatic rings. The minimum atomic E-state index is -0.401. The predicted molar refractivity (Wildman–Crippen MR) is 143 cm³/mol. The van der Waals surface area contributed by atoms with Crippen molar-refractivity contribution in [3.63, 3.8) is 0 Å². The second-order valence-electron chi connectivity index (χ2n) is 8.90. The Morgan fingerprint density at radius 2 is 1.56 bits per heavy atom. The van der Waals surface area contributed by atoms with E-state index in [1.54, 1.807) is 18.3 Å². The summed E-state index contributed by atoms with van der Waals surface area (Å²) < 4.78 is 2.12. The van der Waals surface area contributed by atoms with E-state index in [0.29, 0.717) is 0 Å². The summed E-state index contributed by atoms with van der Waals surface area (Å²) in [6.45, 7) is 8.11. The van der Waals surface area contributed by atoms with E-state index in [4.69, 9.17) is 0 Å². The normalized spacial score (nSPS) is 11.1. The molecule has 4 aromatic rings. The van der Waals surface area contributed by atoms with Gasteiger partial charge < -0.3 is 4.57 Å². The molecular formula is C29H28N4O3. The Labute approximate surface area is 210 Å². The second-order valence-corrected chi connectivity index (χ2v) is 8.90. The van der Waals surface area contributed by atoms with Crippen LogP contribution in [0.1, 0.15) is 33.6 Å². The van der Waals surface area contributed by atoms with Crippen molar-refractivity contribution in [2.75, 3.05) is 0 Å². The Morgan fingerprint density at radius 3 is 2.17 bits per heavy atom. The summed E-state index contributed by atoms with van der Waals surface area (Å²) in [5.41, 5.74) is 11.9. The maximum atomic E-state index is 12.3. The quantitative estimate of drug-likeness (QED) is 0.200. The van der Waals surface area contributed by atoms with E-state index < -0.39 is 4.92 Å². The molecule has 1 heterocycles. The maximum Gasteiger partial charge on any atom is 0.269 e. The Hall–Kier alpha value is -4.52. The highest BCUT2D eigenvalue weighted by Gasteiger charge is 2.11. The van der Waals surface area contributed by atoms with E-state index in [9.17, 15) is 14.9 Å². The second kappa shape index (κ2) is 10.4. The predicted octanol–water partition coefficient (Wildman–Crippen LogP) is 5.98. The Kier molecular flexibility index (Phi) is 7.10. The molecule has 0 saturated carbocycles. The monoisotopic (exact) mass is 480 g/mol. The first-order valence-corrected chi connectivity index (χ1v) is 11.6. The summed E-state index contributed by atoms with van der Waals surface area (Å²) in [5, 5.41) is 15.1. The van der Waals surface area contributed by atoms with Crippen molar-refractivity contribution in [3.8, 4) is 16.8 Å². The van der Waals surface area contributed by atoms with Gasteiger partial charge in [-0.1, -0.05) is 30.3 Å². The zero-order valence-corrected chi connectivity index (χ0v) is 20.8. The number of nitro benzene ring substituents is 1. The number of carbonyl (C=O) groups is 1. The number of benzene rings is 3. The van der Waals surface area contributed by atoms with Crippen molar-refractivity contribution in [1.29, 1.82) is 0 Å². The molecule has 1 aromatic heterocycles. The van der Waals surface area contributed by atoms with Gasteiger partial charge in [-0.3, -0.25) is 14.9 Å². The molecule has 1 amide bonds. The van der Waals surface area contributed by atoms with Crippen molar-refractivity contribution in [3.05, 3.63) is 117 Å². The van der Waals surface area contributed by atoms with Crippen LogP contribution in [-0.2, 0) is 11.2 Å².